The Bertz CT molecular complexity index is 936. The molecule has 1 aromatic carbocycles. The number of furan rings is 1. The molecule has 1 amide bonds. The van der Waals surface area contributed by atoms with Crippen molar-refractivity contribution < 1.29 is 24.1 Å². The minimum atomic E-state index is -0.469. The van der Waals surface area contributed by atoms with Crippen LogP contribution in [-0.2, 0) is 16.1 Å². The molecule has 2 heterocycles. The summed E-state index contributed by atoms with van der Waals surface area (Å²) in [5.41, 5.74) is 1.89. The van der Waals surface area contributed by atoms with Crippen molar-refractivity contribution in [2.75, 3.05) is 18.5 Å². The number of ether oxygens (including phenoxy) is 1. The van der Waals surface area contributed by atoms with Crippen LogP contribution in [-0.4, -0.2) is 25.0 Å². The van der Waals surface area contributed by atoms with Gasteiger partial charge >= 0.3 is 5.97 Å². The number of anilines is 1. The van der Waals surface area contributed by atoms with E-state index in [1.165, 1.54) is 11.3 Å². The molecule has 3 aromatic rings. The number of nitrogens with one attached hydrogen (secondary N) is 1. The van der Waals surface area contributed by atoms with Crippen molar-refractivity contribution in [3.63, 3.8) is 0 Å². The summed E-state index contributed by atoms with van der Waals surface area (Å²) in [6.45, 7) is 2.76. The number of quaternary nitrogens is 1. The number of nitrogens with two attached hydrogens (primary N) is 1. The Morgan fingerprint density at radius 2 is 2.04 bits per heavy atom. The topological polar surface area (TPSA) is 85.1 Å². The lowest BCUT2D eigenvalue weighted by Gasteiger charge is -2.08. The van der Waals surface area contributed by atoms with E-state index >= 15 is 0 Å². The third-order valence-corrected chi connectivity index (χ3v) is 5.08. The van der Waals surface area contributed by atoms with Crippen molar-refractivity contribution >= 4 is 39.8 Å². The van der Waals surface area contributed by atoms with Crippen LogP contribution in [0.5, 0.6) is 0 Å². The van der Waals surface area contributed by atoms with Crippen LogP contribution in [0.4, 0.5) is 5.00 Å². The molecular formula is C20H20ClN2O4S+. The van der Waals surface area contributed by atoms with Gasteiger partial charge in [-0.25, -0.2) is 4.79 Å². The first-order valence-corrected chi connectivity index (χ1v) is 10.0. The van der Waals surface area contributed by atoms with Crippen LogP contribution in [0.1, 0.15) is 23.0 Å². The monoisotopic (exact) mass is 419 g/mol. The van der Waals surface area contributed by atoms with E-state index in [1.807, 2.05) is 28.9 Å². The summed E-state index contributed by atoms with van der Waals surface area (Å²) in [6, 6.07) is 10.8. The standard InChI is InChI=1S/C20H19ClN2O4S/c1-2-26-20(25)18-16(13-5-7-14(21)8-6-13)12-28-19(18)23-17(24)11-22-10-15-4-3-9-27-15/h3-9,12,22H,2,10-11H2,1H3,(H,23,24)/p+1. The van der Waals surface area contributed by atoms with Crippen LogP contribution in [0.15, 0.2) is 52.5 Å². The summed E-state index contributed by atoms with van der Waals surface area (Å²) in [6.07, 6.45) is 1.60. The number of carbonyl (C=O) groups excluding carboxylic acids is 2. The fraction of sp³-hybridized carbons (Fsp3) is 0.200. The quantitative estimate of drug-likeness (QED) is 0.547. The van der Waals surface area contributed by atoms with Gasteiger partial charge in [-0.3, -0.25) is 4.79 Å². The molecule has 0 unspecified atom stereocenters. The number of hydrogen-bond donors (Lipinski definition) is 2. The number of esters is 1. The van der Waals surface area contributed by atoms with Crippen LogP contribution in [0.25, 0.3) is 11.1 Å². The van der Waals surface area contributed by atoms with Gasteiger partial charge in [0.25, 0.3) is 5.91 Å². The first-order chi connectivity index (χ1) is 13.6. The maximum Gasteiger partial charge on any atom is 0.341 e. The summed E-state index contributed by atoms with van der Waals surface area (Å²) < 4.78 is 10.4. The third-order valence-electron chi connectivity index (χ3n) is 3.93. The molecule has 146 valence electrons. The number of rotatable bonds is 8. The van der Waals surface area contributed by atoms with E-state index in [2.05, 4.69) is 5.32 Å². The van der Waals surface area contributed by atoms with Crippen LogP contribution in [0.2, 0.25) is 5.02 Å². The molecule has 0 fully saturated rings. The Balaban J connectivity index is 1.75. The minimum Gasteiger partial charge on any atom is -0.463 e. The fourth-order valence-electron chi connectivity index (χ4n) is 2.65. The van der Waals surface area contributed by atoms with Gasteiger partial charge in [0.15, 0.2) is 12.3 Å². The molecule has 2 aromatic heterocycles. The van der Waals surface area contributed by atoms with Crippen molar-refractivity contribution in [1.29, 1.82) is 0 Å². The Labute approximate surface area is 171 Å². The lowest BCUT2D eigenvalue weighted by atomic mass is 10.0. The highest BCUT2D eigenvalue weighted by Crippen LogP contribution is 2.36. The number of thiophene rings is 1. The van der Waals surface area contributed by atoms with Crippen LogP contribution >= 0.6 is 22.9 Å². The predicted octanol–water partition coefficient (Wildman–Crippen LogP) is 3.54. The highest BCUT2D eigenvalue weighted by atomic mass is 35.5. The second-order valence-electron chi connectivity index (χ2n) is 5.91. The van der Waals surface area contributed by atoms with Crippen molar-refractivity contribution in [3.8, 4) is 11.1 Å². The van der Waals surface area contributed by atoms with E-state index in [4.69, 9.17) is 20.8 Å². The number of amides is 1. The molecule has 0 aliphatic carbocycles. The molecule has 28 heavy (non-hydrogen) atoms. The molecule has 0 aliphatic heterocycles. The van der Waals surface area contributed by atoms with Gasteiger partial charge in [-0.05, 0) is 36.8 Å². The number of halogens is 1. The Hall–Kier alpha value is -2.61. The molecule has 8 heteroatoms. The van der Waals surface area contributed by atoms with Gasteiger partial charge < -0.3 is 19.8 Å². The number of carbonyl (C=O) groups is 2. The van der Waals surface area contributed by atoms with Gasteiger partial charge in [-0.1, -0.05) is 23.7 Å². The Morgan fingerprint density at radius 3 is 2.71 bits per heavy atom. The largest absolute Gasteiger partial charge is 0.463 e. The first-order valence-electron chi connectivity index (χ1n) is 8.77. The Kier molecular flexibility index (Phi) is 6.86. The van der Waals surface area contributed by atoms with Gasteiger partial charge in [0.1, 0.15) is 17.1 Å². The maximum absolute atomic E-state index is 12.5. The lowest BCUT2D eigenvalue weighted by Crippen LogP contribution is -2.84. The zero-order valence-electron chi connectivity index (χ0n) is 15.2. The maximum atomic E-state index is 12.5. The smallest absolute Gasteiger partial charge is 0.341 e. The summed E-state index contributed by atoms with van der Waals surface area (Å²) in [5, 5.41) is 7.56. The lowest BCUT2D eigenvalue weighted by molar-refractivity contribution is -0.661. The highest BCUT2D eigenvalue weighted by molar-refractivity contribution is 7.15. The van der Waals surface area contributed by atoms with E-state index in [1.54, 1.807) is 31.4 Å². The Morgan fingerprint density at radius 1 is 1.25 bits per heavy atom. The second kappa shape index (κ2) is 9.54. The first kappa shape index (κ1) is 20.1. The zero-order chi connectivity index (χ0) is 19.9. The van der Waals surface area contributed by atoms with Crippen molar-refractivity contribution in [1.82, 2.24) is 0 Å². The van der Waals surface area contributed by atoms with Crippen molar-refractivity contribution in [2.45, 2.75) is 13.5 Å². The summed E-state index contributed by atoms with van der Waals surface area (Å²) in [5.74, 6) is 0.117. The zero-order valence-corrected chi connectivity index (χ0v) is 16.8. The molecule has 0 spiro atoms. The van der Waals surface area contributed by atoms with Gasteiger partial charge in [0.2, 0.25) is 0 Å². The minimum absolute atomic E-state index is 0.205. The van der Waals surface area contributed by atoms with Crippen LogP contribution in [0.3, 0.4) is 0 Å². The van der Waals surface area contributed by atoms with E-state index in [0.29, 0.717) is 27.7 Å². The van der Waals surface area contributed by atoms with Crippen LogP contribution < -0.4 is 10.6 Å². The number of benzene rings is 1. The molecule has 0 atom stereocenters. The molecule has 0 radical (unpaired) electrons. The normalized spacial score (nSPS) is 10.6. The van der Waals surface area contributed by atoms with Crippen LogP contribution in [0, 0.1) is 0 Å². The van der Waals surface area contributed by atoms with Gasteiger partial charge in [-0.15, -0.1) is 11.3 Å². The predicted molar refractivity (Wildman–Crippen MR) is 109 cm³/mol. The average Bonchev–Trinajstić information content (AvgIpc) is 3.32. The highest BCUT2D eigenvalue weighted by Gasteiger charge is 2.23. The van der Waals surface area contributed by atoms with E-state index in [-0.39, 0.29) is 19.1 Å². The van der Waals surface area contributed by atoms with Crippen molar-refractivity contribution in [2.24, 2.45) is 0 Å². The van der Waals surface area contributed by atoms with Crippen molar-refractivity contribution in [3.05, 3.63) is 64.4 Å². The molecule has 3 rings (SSSR count). The summed E-state index contributed by atoms with van der Waals surface area (Å²) >= 11 is 7.25. The average molecular weight is 420 g/mol. The SMILES string of the molecule is CCOC(=O)c1c(-c2ccc(Cl)cc2)csc1NC(=O)C[NH2+]Cc1ccco1. The van der Waals surface area contributed by atoms with Gasteiger partial charge in [0.05, 0.1) is 12.9 Å². The summed E-state index contributed by atoms with van der Waals surface area (Å²) in [4.78, 5) is 24.9. The molecule has 0 saturated heterocycles. The second-order valence-corrected chi connectivity index (χ2v) is 7.22. The molecular weight excluding hydrogens is 400 g/mol. The molecule has 0 bridgehead atoms. The molecule has 3 N–H and O–H groups in total. The summed E-state index contributed by atoms with van der Waals surface area (Å²) in [7, 11) is 0. The van der Waals surface area contributed by atoms with E-state index < -0.39 is 5.97 Å². The van der Waals surface area contributed by atoms with E-state index in [9.17, 15) is 9.59 Å². The molecule has 0 saturated carbocycles. The molecule has 6 nitrogen and oxygen atoms in total. The number of hydrogen-bond acceptors (Lipinski definition) is 5. The van der Waals surface area contributed by atoms with E-state index in [0.717, 1.165) is 11.3 Å². The van der Waals surface area contributed by atoms with Gasteiger partial charge in [0, 0.05) is 16.0 Å². The fourth-order valence-corrected chi connectivity index (χ4v) is 3.75. The third kappa shape index (κ3) is 5.01. The van der Waals surface area contributed by atoms with Gasteiger partial charge in [-0.2, -0.15) is 0 Å². The molecule has 0 aliphatic rings.